The van der Waals surface area contributed by atoms with Gasteiger partial charge in [-0.3, -0.25) is 10.00 Å². The molecule has 0 spiro atoms. The van der Waals surface area contributed by atoms with Crippen LogP contribution >= 0.6 is 12.4 Å². The highest BCUT2D eigenvalue weighted by Crippen LogP contribution is 2.36. The third-order valence-corrected chi connectivity index (χ3v) is 4.23. The third-order valence-electron chi connectivity index (χ3n) is 4.23. The Kier molecular flexibility index (Phi) is 4.75. The van der Waals surface area contributed by atoms with E-state index in [0.29, 0.717) is 12.8 Å². The van der Waals surface area contributed by atoms with Crippen molar-refractivity contribution >= 4 is 12.4 Å². The van der Waals surface area contributed by atoms with Crippen molar-refractivity contribution in [3.8, 4) is 22.8 Å². The first-order valence-electron chi connectivity index (χ1n) is 7.67. The van der Waals surface area contributed by atoms with Crippen LogP contribution in [0.4, 0.5) is 0 Å². The van der Waals surface area contributed by atoms with Crippen molar-refractivity contribution in [2.45, 2.75) is 19.5 Å². The predicted octanol–water partition coefficient (Wildman–Crippen LogP) is 2.02. The van der Waals surface area contributed by atoms with E-state index in [1.54, 1.807) is 0 Å². The molecule has 2 aliphatic heterocycles. The van der Waals surface area contributed by atoms with Crippen LogP contribution in [0.3, 0.4) is 0 Å². The van der Waals surface area contributed by atoms with Crippen molar-refractivity contribution < 1.29 is 9.47 Å². The summed E-state index contributed by atoms with van der Waals surface area (Å²) in [5.41, 5.74) is 3.36. The summed E-state index contributed by atoms with van der Waals surface area (Å²) in [6.45, 7) is 6.60. The van der Waals surface area contributed by atoms with Gasteiger partial charge in [-0.05, 0) is 25.1 Å². The van der Waals surface area contributed by atoms with Crippen LogP contribution in [0.5, 0.6) is 11.5 Å². The molecule has 1 fully saturated rings. The van der Waals surface area contributed by atoms with Crippen LogP contribution in [0.25, 0.3) is 11.3 Å². The van der Waals surface area contributed by atoms with Crippen LogP contribution in [0.1, 0.15) is 12.5 Å². The maximum Gasteiger partial charge on any atom is 0.231 e. The number of nitrogens with one attached hydrogen (secondary N) is 2. The monoisotopic (exact) mass is 336 g/mol. The first-order valence-corrected chi connectivity index (χ1v) is 7.67. The average molecular weight is 337 g/mol. The molecule has 7 heteroatoms. The number of fused-ring (bicyclic) bond motifs is 1. The number of aromatic nitrogens is 2. The fourth-order valence-corrected chi connectivity index (χ4v) is 3.13. The summed E-state index contributed by atoms with van der Waals surface area (Å²) in [6, 6.07) is 6.55. The van der Waals surface area contributed by atoms with Crippen molar-refractivity contribution in [2.75, 3.05) is 26.4 Å². The number of aromatic amines is 1. The van der Waals surface area contributed by atoms with E-state index in [0.717, 1.165) is 48.9 Å². The van der Waals surface area contributed by atoms with Crippen LogP contribution in [-0.4, -0.2) is 47.6 Å². The van der Waals surface area contributed by atoms with E-state index < -0.39 is 0 Å². The quantitative estimate of drug-likeness (QED) is 0.898. The summed E-state index contributed by atoms with van der Waals surface area (Å²) >= 11 is 0. The summed E-state index contributed by atoms with van der Waals surface area (Å²) in [4.78, 5) is 2.46. The van der Waals surface area contributed by atoms with Gasteiger partial charge in [0.15, 0.2) is 11.5 Å². The normalized spacial score (nSPS) is 20.3. The average Bonchev–Trinajstić information content (AvgIpc) is 3.15. The van der Waals surface area contributed by atoms with Crippen LogP contribution < -0.4 is 14.8 Å². The molecule has 3 heterocycles. The molecule has 2 aliphatic rings. The van der Waals surface area contributed by atoms with Gasteiger partial charge in [-0.1, -0.05) is 0 Å². The zero-order chi connectivity index (χ0) is 14.9. The van der Waals surface area contributed by atoms with E-state index in [1.165, 1.54) is 5.56 Å². The van der Waals surface area contributed by atoms with E-state index in [4.69, 9.17) is 9.47 Å². The second-order valence-electron chi connectivity index (χ2n) is 5.93. The lowest BCUT2D eigenvalue weighted by atomic mass is 10.1. The summed E-state index contributed by atoms with van der Waals surface area (Å²) in [5.74, 6) is 1.61. The van der Waals surface area contributed by atoms with Gasteiger partial charge in [0, 0.05) is 43.3 Å². The van der Waals surface area contributed by atoms with E-state index in [1.807, 2.05) is 24.4 Å². The maximum absolute atomic E-state index is 5.47. The topological polar surface area (TPSA) is 62.4 Å². The maximum atomic E-state index is 5.47. The fraction of sp³-hybridized carbons (Fsp3) is 0.438. The Morgan fingerprint density at radius 3 is 3.04 bits per heavy atom. The van der Waals surface area contributed by atoms with Crippen molar-refractivity contribution in [3.63, 3.8) is 0 Å². The van der Waals surface area contributed by atoms with E-state index in [2.05, 4.69) is 27.3 Å². The van der Waals surface area contributed by atoms with Crippen molar-refractivity contribution in [1.82, 2.24) is 20.4 Å². The molecular weight excluding hydrogens is 316 g/mol. The van der Waals surface area contributed by atoms with Gasteiger partial charge in [-0.15, -0.1) is 12.4 Å². The highest BCUT2D eigenvalue weighted by molar-refractivity contribution is 5.85. The standard InChI is InChI=1S/C16H20N4O2.ClH/c1-11-8-20(5-4-17-11)9-13-7-18-19-16(13)12-2-3-14-15(6-12)22-10-21-14;/h2-3,6-7,11,17H,4-5,8-10H2,1H3,(H,18,19);1H. The Labute approximate surface area is 141 Å². The van der Waals surface area contributed by atoms with Gasteiger partial charge in [-0.2, -0.15) is 5.10 Å². The molecule has 1 saturated heterocycles. The van der Waals surface area contributed by atoms with Crippen molar-refractivity contribution in [2.24, 2.45) is 0 Å². The minimum atomic E-state index is 0. The van der Waals surface area contributed by atoms with Crippen LogP contribution in [0.2, 0.25) is 0 Å². The molecular formula is C16H21ClN4O2. The largest absolute Gasteiger partial charge is 0.454 e. The van der Waals surface area contributed by atoms with Gasteiger partial charge in [0.05, 0.1) is 11.9 Å². The van der Waals surface area contributed by atoms with Crippen LogP contribution in [0.15, 0.2) is 24.4 Å². The van der Waals surface area contributed by atoms with Gasteiger partial charge in [-0.25, -0.2) is 0 Å². The third kappa shape index (κ3) is 3.29. The summed E-state index contributed by atoms with van der Waals surface area (Å²) in [5, 5.41) is 10.8. The Balaban J connectivity index is 0.00000156. The zero-order valence-corrected chi connectivity index (χ0v) is 13.9. The highest BCUT2D eigenvalue weighted by Gasteiger charge is 2.19. The molecule has 1 aromatic heterocycles. The van der Waals surface area contributed by atoms with Gasteiger partial charge in [0.2, 0.25) is 6.79 Å². The van der Waals surface area contributed by atoms with Gasteiger partial charge in [0.1, 0.15) is 0 Å². The number of ether oxygens (including phenoxy) is 2. The number of halogens is 1. The molecule has 1 aromatic carbocycles. The minimum Gasteiger partial charge on any atom is -0.454 e. The smallest absolute Gasteiger partial charge is 0.231 e. The SMILES string of the molecule is CC1CN(Cc2cn[nH]c2-c2ccc3c(c2)OCO3)CCN1.Cl. The molecule has 124 valence electrons. The lowest BCUT2D eigenvalue weighted by Gasteiger charge is -2.31. The Bertz CT molecular complexity index is 676. The summed E-state index contributed by atoms with van der Waals surface area (Å²) in [7, 11) is 0. The molecule has 2 aromatic rings. The van der Waals surface area contributed by atoms with Gasteiger partial charge in [0.25, 0.3) is 0 Å². The van der Waals surface area contributed by atoms with E-state index in [9.17, 15) is 0 Å². The first kappa shape index (κ1) is 16.1. The number of benzene rings is 1. The number of rotatable bonds is 3. The Hall–Kier alpha value is -1.76. The van der Waals surface area contributed by atoms with Crippen LogP contribution in [-0.2, 0) is 6.54 Å². The fourth-order valence-electron chi connectivity index (χ4n) is 3.13. The number of hydrogen-bond donors (Lipinski definition) is 2. The molecule has 2 N–H and O–H groups in total. The predicted molar refractivity (Wildman–Crippen MR) is 90.1 cm³/mol. The van der Waals surface area contributed by atoms with E-state index in [-0.39, 0.29) is 12.4 Å². The molecule has 23 heavy (non-hydrogen) atoms. The molecule has 0 bridgehead atoms. The lowest BCUT2D eigenvalue weighted by molar-refractivity contribution is 0.174. The molecule has 4 rings (SSSR count). The molecule has 1 atom stereocenters. The van der Waals surface area contributed by atoms with Gasteiger partial charge < -0.3 is 14.8 Å². The zero-order valence-electron chi connectivity index (χ0n) is 13.0. The van der Waals surface area contributed by atoms with E-state index >= 15 is 0 Å². The molecule has 6 nitrogen and oxygen atoms in total. The number of piperazine rings is 1. The Morgan fingerprint density at radius 2 is 2.17 bits per heavy atom. The summed E-state index contributed by atoms with van der Waals surface area (Å²) < 4.78 is 10.8. The number of H-pyrrole nitrogens is 1. The molecule has 0 radical (unpaired) electrons. The van der Waals surface area contributed by atoms with Crippen molar-refractivity contribution in [1.29, 1.82) is 0 Å². The van der Waals surface area contributed by atoms with Crippen LogP contribution in [0, 0.1) is 0 Å². The number of nitrogens with zero attached hydrogens (tertiary/aromatic N) is 2. The number of hydrogen-bond acceptors (Lipinski definition) is 5. The molecule has 0 saturated carbocycles. The Morgan fingerprint density at radius 1 is 1.30 bits per heavy atom. The molecule has 0 aliphatic carbocycles. The van der Waals surface area contributed by atoms with Crippen molar-refractivity contribution in [3.05, 3.63) is 30.0 Å². The van der Waals surface area contributed by atoms with Gasteiger partial charge >= 0.3 is 0 Å². The molecule has 0 amide bonds. The first-order chi connectivity index (χ1) is 10.8. The minimum absolute atomic E-state index is 0. The molecule has 1 unspecified atom stereocenters. The second-order valence-corrected chi connectivity index (χ2v) is 5.93. The lowest BCUT2D eigenvalue weighted by Crippen LogP contribution is -2.48. The second kappa shape index (κ2) is 6.78. The summed E-state index contributed by atoms with van der Waals surface area (Å²) in [6.07, 6.45) is 1.92. The highest BCUT2D eigenvalue weighted by atomic mass is 35.5.